The zero-order valence-electron chi connectivity index (χ0n) is 13.5. The molecule has 0 saturated carbocycles. The van der Waals surface area contributed by atoms with E-state index in [1.165, 1.54) is 18.2 Å². The van der Waals surface area contributed by atoms with E-state index in [1.807, 2.05) is 0 Å². The lowest BCUT2D eigenvalue weighted by Crippen LogP contribution is -2.25. The van der Waals surface area contributed by atoms with Crippen LogP contribution in [0.2, 0.25) is 0 Å². The number of anilines is 1. The van der Waals surface area contributed by atoms with Crippen LogP contribution in [-0.4, -0.2) is 35.0 Å². The van der Waals surface area contributed by atoms with Crippen LogP contribution < -0.4 is 14.8 Å². The molecule has 4 rings (SSSR count). The average molecular weight is 375 g/mol. The molecule has 1 aliphatic rings. The maximum atomic E-state index is 13.0. The standard InChI is InChI=1S/C17H11F2N3O5/c18-17(19)26-12-6-5-9(7-13(12)27-17)20-14(23)8-25-16(24)15-10-3-1-2-4-11(10)21-22-15/h1-7H,8H2,(H,20,23)(H,21,22). The summed E-state index contributed by atoms with van der Waals surface area (Å²) < 4.78 is 39.5. The maximum Gasteiger partial charge on any atom is 0.586 e. The second-order valence-electron chi connectivity index (χ2n) is 5.57. The first-order valence-corrected chi connectivity index (χ1v) is 7.71. The van der Waals surface area contributed by atoms with Gasteiger partial charge in [0.25, 0.3) is 5.91 Å². The molecule has 3 aromatic rings. The number of nitrogens with one attached hydrogen (secondary N) is 2. The minimum absolute atomic E-state index is 0.0590. The molecule has 10 heteroatoms. The lowest BCUT2D eigenvalue weighted by molar-refractivity contribution is -0.286. The van der Waals surface area contributed by atoms with Crippen molar-refractivity contribution < 1.29 is 32.6 Å². The van der Waals surface area contributed by atoms with E-state index in [4.69, 9.17) is 4.74 Å². The predicted octanol–water partition coefficient (Wildman–Crippen LogP) is 2.68. The van der Waals surface area contributed by atoms with Crippen molar-refractivity contribution in [3.05, 3.63) is 48.2 Å². The third kappa shape index (κ3) is 3.36. The van der Waals surface area contributed by atoms with E-state index in [0.717, 1.165) is 0 Å². The summed E-state index contributed by atoms with van der Waals surface area (Å²) in [7, 11) is 0. The summed E-state index contributed by atoms with van der Waals surface area (Å²) in [5, 5.41) is 9.55. The van der Waals surface area contributed by atoms with Crippen molar-refractivity contribution in [1.29, 1.82) is 0 Å². The van der Waals surface area contributed by atoms with Gasteiger partial charge in [-0.15, -0.1) is 8.78 Å². The highest BCUT2D eigenvalue weighted by atomic mass is 19.3. The largest absolute Gasteiger partial charge is 0.586 e. The molecule has 2 aromatic carbocycles. The van der Waals surface area contributed by atoms with E-state index in [2.05, 4.69) is 25.0 Å². The summed E-state index contributed by atoms with van der Waals surface area (Å²) in [6.45, 7) is -0.579. The molecule has 1 amide bonds. The van der Waals surface area contributed by atoms with Gasteiger partial charge in [-0.3, -0.25) is 9.89 Å². The van der Waals surface area contributed by atoms with Crippen molar-refractivity contribution in [3.8, 4) is 11.5 Å². The Hall–Kier alpha value is -3.69. The van der Waals surface area contributed by atoms with Gasteiger partial charge in [-0.25, -0.2) is 4.79 Å². The Labute approximate surface area is 150 Å². The van der Waals surface area contributed by atoms with Gasteiger partial charge < -0.3 is 19.5 Å². The third-order valence-electron chi connectivity index (χ3n) is 3.68. The monoisotopic (exact) mass is 375 g/mol. The highest BCUT2D eigenvalue weighted by Crippen LogP contribution is 2.42. The zero-order chi connectivity index (χ0) is 19.0. The molecule has 0 unspecified atom stereocenters. The summed E-state index contributed by atoms with van der Waals surface area (Å²) >= 11 is 0. The van der Waals surface area contributed by atoms with Crippen molar-refractivity contribution in [1.82, 2.24) is 10.2 Å². The summed E-state index contributed by atoms with van der Waals surface area (Å²) in [6, 6.07) is 10.7. The van der Waals surface area contributed by atoms with Crippen molar-refractivity contribution in [3.63, 3.8) is 0 Å². The van der Waals surface area contributed by atoms with E-state index in [9.17, 15) is 18.4 Å². The number of hydrogen-bond donors (Lipinski definition) is 2. The van der Waals surface area contributed by atoms with Gasteiger partial charge in [0.15, 0.2) is 23.8 Å². The highest BCUT2D eigenvalue weighted by Gasteiger charge is 2.43. The highest BCUT2D eigenvalue weighted by molar-refractivity contribution is 6.03. The summed E-state index contributed by atoms with van der Waals surface area (Å²) in [5.41, 5.74) is 0.899. The smallest absolute Gasteiger partial charge is 0.451 e. The first kappa shape index (κ1) is 16.8. The number of nitrogens with zero attached hydrogens (tertiary/aromatic N) is 1. The number of hydrogen-bond acceptors (Lipinski definition) is 6. The Morgan fingerprint density at radius 1 is 1.15 bits per heavy atom. The zero-order valence-corrected chi connectivity index (χ0v) is 13.5. The SMILES string of the molecule is O=C(COC(=O)c1n[nH]c2ccccc12)Nc1ccc2c(c1)OC(F)(F)O2. The topological polar surface area (TPSA) is 103 Å². The molecule has 0 atom stereocenters. The first-order chi connectivity index (χ1) is 12.9. The van der Waals surface area contributed by atoms with Crippen LogP contribution in [0.25, 0.3) is 10.9 Å². The van der Waals surface area contributed by atoms with Crippen LogP contribution in [0.4, 0.5) is 14.5 Å². The van der Waals surface area contributed by atoms with Gasteiger partial charge in [-0.2, -0.15) is 5.10 Å². The van der Waals surface area contributed by atoms with Gasteiger partial charge >= 0.3 is 12.3 Å². The van der Waals surface area contributed by atoms with Gasteiger partial charge in [-0.1, -0.05) is 18.2 Å². The number of ether oxygens (including phenoxy) is 3. The molecule has 0 aliphatic carbocycles. The Morgan fingerprint density at radius 3 is 2.78 bits per heavy atom. The Kier molecular flexibility index (Phi) is 3.87. The molecule has 1 aliphatic heterocycles. The Morgan fingerprint density at radius 2 is 1.93 bits per heavy atom. The predicted molar refractivity (Wildman–Crippen MR) is 87.7 cm³/mol. The molecule has 0 spiro atoms. The molecule has 27 heavy (non-hydrogen) atoms. The van der Waals surface area contributed by atoms with Crippen molar-refractivity contribution in [2.75, 3.05) is 11.9 Å². The van der Waals surface area contributed by atoms with Crippen molar-refractivity contribution in [2.24, 2.45) is 0 Å². The fourth-order valence-electron chi connectivity index (χ4n) is 2.54. The van der Waals surface area contributed by atoms with E-state index in [0.29, 0.717) is 10.9 Å². The number of amides is 1. The summed E-state index contributed by atoms with van der Waals surface area (Å²) in [6.07, 6.45) is -3.74. The lowest BCUT2D eigenvalue weighted by atomic mass is 10.2. The van der Waals surface area contributed by atoms with Gasteiger partial charge in [0.05, 0.1) is 5.52 Å². The van der Waals surface area contributed by atoms with E-state index in [-0.39, 0.29) is 22.9 Å². The minimum Gasteiger partial charge on any atom is -0.451 e. The van der Waals surface area contributed by atoms with Crippen LogP contribution in [0.5, 0.6) is 11.5 Å². The number of rotatable bonds is 4. The molecule has 0 radical (unpaired) electrons. The fourth-order valence-corrected chi connectivity index (χ4v) is 2.54. The molecule has 0 bridgehead atoms. The average Bonchev–Trinajstić information content (AvgIpc) is 3.18. The van der Waals surface area contributed by atoms with Crippen LogP contribution >= 0.6 is 0 Å². The molecular formula is C17H11F2N3O5. The fraction of sp³-hybridized carbons (Fsp3) is 0.118. The number of alkyl halides is 2. The van der Waals surface area contributed by atoms with Crippen LogP contribution in [0.3, 0.4) is 0 Å². The molecule has 8 nitrogen and oxygen atoms in total. The lowest BCUT2D eigenvalue weighted by Gasteiger charge is -2.06. The Bertz CT molecular complexity index is 1050. The second-order valence-corrected chi connectivity index (χ2v) is 5.57. The molecule has 0 saturated heterocycles. The van der Waals surface area contributed by atoms with Crippen LogP contribution in [0, 0.1) is 0 Å². The number of halogens is 2. The number of H-pyrrole nitrogens is 1. The van der Waals surface area contributed by atoms with E-state index < -0.39 is 24.8 Å². The maximum absolute atomic E-state index is 13.0. The summed E-state index contributed by atoms with van der Waals surface area (Å²) in [4.78, 5) is 24.0. The molecule has 0 fully saturated rings. The number of aromatic amines is 1. The Balaban J connectivity index is 1.37. The normalized spacial score (nSPS) is 14.1. The number of fused-ring (bicyclic) bond motifs is 2. The molecule has 2 N–H and O–H groups in total. The van der Waals surface area contributed by atoms with Crippen LogP contribution in [0.15, 0.2) is 42.5 Å². The number of esters is 1. The van der Waals surface area contributed by atoms with Crippen molar-refractivity contribution >= 4 is 28.5 Å². The van der Waals surface area contributed by atoms with Crippen LogP contribution in [0.1, 0.15) is 10.5 Å². The summed E-state index contributed by atoms with van der Waals surface area (Å²) in [5.74, 6) is -1.78. The first-order valence-electron chi connectivity index (χ1n) is 7.71. The van der Waals surface area contributed by atoms with Crippen molar-refractivity contribution in [2.45, 2.75) is 6.29 Å². The number of benzene rings is 2. The number of carbonyl (C=O) groups excluding carboxylic acids is 2. The molecule has 1 aromatic heterocycles. The molecule has 138 valence electrons. The third-order valence-corrected chi connectivity index (χ3v) is 3.68. The number of para-hydroxylation sites is 1. The van der Waals surface area contributed by atoms with E-state index in [1.54, 1.807) is 24.3 Å². The number of aromatic nitrogens is 2. The number of carbonyl (C=O) groups is 2. The van der Waals surface area contributed by atoms with Gasteiger partial charge in [-0.05, 0) is 18.2 Å². The van der Waals surface area contributed by atoms with Gasteiger partial charge in [0, 0.05) is 17.1 Å². The quantitative estimate of drug-likeness (QED) is 0.680. The molecule has 2 heterocycles. The van der Waals surface area contributed by atoms with Crippen LogP contribution in [-0.2, 0) is 9.53 Å². The van der Waals surface area contributed by atoms with Gasteiger partial charge in [0.2, 0.25) is 0 Å². The van der Waals surface area contributed by atoms with E-state index >= 15 is 0 Å². The second kappa shape index (κ2) is 6.24. The van der Waals surface area contributed by atoms with Gasteiger partial charge in [0.1, 0.15) is 0 Å². The molecular weight excluding hydrogens is 364 g/mol. The minimum atomic E-state index is -3.74.